The largest absolute Gasteiger partial charge is 0.289 e. The minimum atomic E-state index is -0.129. The molecule has 2 bridgehead atoms. The van der Waals surface area contributed by atoms with Gasteiger partial charge in [-0.2, -0.15) is 0 Å². The summed E-state index contributed by atoms with van der Waals surface area (Å²) in [7, 11) is 1.61. The molecule has 1 aromatic rings. The van der Waals surface area contributed by atoms with Crippen LogP contribution in [0.25, 0.3) is 0 Å². The van der Waals surface area contributed by atoms with E-state index in [0.29, 0.717) is 6.54 Å². The van der Waals surface area contributed by atoms with Crippen LogP contribution in [0.1, 0.15) is 18.4 Å². The zero-order valence-electron chi connectivity index (χ0n) is 12.0. The summed E-state index contributed by atoms with van der Waals surface area (Å²) in [6.45, 7) is 0.654. The fraction of sp³-hybridized carbons (Fsp3) is 0.471. The number of fused-ring (bicyclic) bond motifs is 5. The second-order valence-electron chi connectivity index (χ2n) is 6.30. The number of amides is 2. The number of carbonyl (C=O) groups excluding carboxylic acids is 2. The molecule has 0 N–H and O–H groups in total. The van der Waals surface area contributed by atoms with Crippen LogP contribution in [-0.4, -0.2) is 29.5 Å². The molecular formula is C17H18N2O2. The highest BCUT2D eigenvalue weighted by molar-refractivity contribution is 6.13. The normalized spacial score (nSPS) is 35.9. The highest BCUT2D eigenvalue weighted by Gasteiger charge is 2.63. The van der Waals surface area contributed by atoms with Gasteiger partial charge in [0.2, 0.25) is 11.8 Å². The summed E-state index contributed by atoms with van der Waals surface area (Å²) in [5, 5.41) is 0. The van der Waals surface area contributed by atoms with Crippen molar-refractivity contribution in [1.82, 2.24) is 4.90 Å². The van der Waals surface area contributed by atoms with Gasteiger partial charge in [-0.15, -0.1) is 0 Å². The number of hydrogen-bond acceptors (Lipinski definition) is 3. The predicted octanol–water partition coefficient (Wildman–Crippen LogP) is 1.90. The van der Waals surface area contributed by atoms with Gasteiger partial charge in [0.25, 0.3) is 0 Å². The molecule has 21 heavy (non-hydrogen) atoms. The molecule has 4 nitrogen and oxygen atoms in total. The van der Waals surface area contributed by atoms with Crippen LogP contribution in [0.4, 0.5) is 0 Å². The van der Waals surface area contributed by atoms with Gasteiger partial charge in [0.1, 0.15) is 0 Å². The lowest BCUT2D eigenvalue weighted by atomic mass is 9.81. The van der Waals surface area contributed by atoms with E-state index in [-0.39, 0.29) is 35.5 Å². The molecule has 4 rings (SSSR count). The molecule has 1 aromatic carbocycles. The van der Waals surface area contributed by atoms with E-state index in [1.165, 1.54) is 10.5 Å². The minimum Gasteiger partial charge on any atom is -0.289 e. The molecular weight excluding hydrogens is 264 g/mol. The lowest BCUT2D eigenvalue weighted by Gasteiger charge is -2.17. The highest BCUT2D eigenvalue weighted by atomic mass is 16.2. The fourth-order valence-electron chi connectivity index (χ4n) is 4.37. The Labute approximate surface area is 123 Å². The van der Waals surface area contributed by atoms with Crippen molar-refractivity contribution in [3.8, 4) is 0 Å². The van der Waals surface area contributed by atoms with Gasteiger partial charge in [-0.25, -0.2) is 0 Å². The van der Waals surface area contributed by atoms with Crippen molar-refractivity contribution in [2.75, 3.05) is 7.05 Å². The molecule has 1 saturated heterocycles. The Morgan fingerprint density at radius 1 is 1.05 bits per heavy atom. The maximum Gasteiger partial charge on any atom is 0.233 e. The smallest absolute Gasteiger partial charge is 0.233 e. The molecule has 108 valence electrons. The van der Waals surface area contributed by atoms with Crippen molar-refractivity contribution in [3.05, 3.63) is 35.9 Å². The lowest BCUT2D eigenvalue weighted by molar-refractivity contribution is -0.138. The first-order chi connectivity index (χ1) is 10.2. The molecule has 2 amide bonds. The number of rotatable bonds is 2. The van der Waals surface area contributed by atoms with E-state index in [1.807, 2.05) is 18.2 Å². The molecule has 0 unspecified atom stereocenters. The fourth-order valence-corrected chi connectivity index (χ4v) is 4.37. The van der Waals surface area contributed by atoms with Crippen LogP contribution in [0.15, 0.2) is 35.3 Å². The molecule has 3 aliphatic rings. The Kier molecular flexibility index (Phi) is 2.74. The average Bonchev–Trinajstić information content (AvgIpc) is 3.12. The third-order valence-corrected chi connectivity index (χ3v) is 5.32. The molecule has 0 aromatic heterocycles. The van der Waals surface area contributed by atoms with E-state index < -0.39 is 0 Å². The SMILES string of the molecule is CN1C(=O)[C@@H]2[C@H](C1=O)[C@H]1CC[C@@H]2C1=NCc1ccccc1. The third kappa shape index (κ3) is 1.71. The average molecular weight is 282 g/mol. The van der Waals surface area contributed by atoms with E-state index in [2.05, 4.69) is 12.1 Å². The summed E-state index contributed by atoms with van der Waals surface area (Å²) >= 11 is 0. The van der Waals surface area contributed by atoms with Crippen LogP contribution in [0.3, 0.4) is 0 Å². The van der Waals surface area contributed by atoms with E-state index in [1.54, 1.807) is 7.05 Å². The van der Waals surface area contributed by atoms with Gasteiger partial charge in [0, 0.05) is 24.6 Å². The van der Waals surface area contributed by atoms with Crippen molar-refractivity contribution in [1.29, 1.82) is 0 Å². The van der Waals surface area contributed by atoms with E-state index in [4.69, 9.17) is 4.99 Å². The van der Waals surface area contributed by atoms with Crippen molar-refractivity contribution in [2.24, 2.45) is 28.7 Å². The van der Waals surface area contributed by atoms with E-state index in [9.17, 15) is 9.59 Å². The van der Waals surface area contributed by atoms with Crippen LogP contribution in [0, 0.1) is 23.7 Å². The first-order valence-corrected chi connectivity index (χ1v) is 7.58. The first-order valence-electron chi connectivity index (χ1n) is 7.58. The molecule has 2 saturated carbocycles. The number of aliphatic imine (C=N–C) groups is 1. The summed E-state index contributed by atoms with van der Waals surface area (Å²) in [6.07, 6.45) is 2.01. The maximum absolute atomic E-state index is 12.3. The topological polar surface area (TPSA) is 49.7 Å². The Balaban J connectivity index is 1.62. The predicted molar refractivity (Wildman–Crippen MR) is 78.6 cm³/mol. The quantitative estimate of drug-likeness (QED) is 0.778. The van der Waals surface area contributed by atoms with E-state index >= 15 is 0 Å². The summed E-state index contributed by atoms with van der Waals surface area (Å²) in [5.41, 5.74) is 2.31. The van der Waals surface area contributed by atoms with Gasteiger partial charge in [-0.3, -0.25) is 19.5 Å². The van der Waals surface area contributed by atoms with Crippen molar-refractivity contribution < 1.29 is 9.59 Å². The Morgan fingerprint density at radius 3 is 2.19 bits per heavy atom. The number of imide groups is 1. The second-order valence-corrected chi connectivity index (χ2v) is 6.30. The van der Waals surface area contributed by atoms with Crippen LogP contribution in [0.5, 0.6) is 0 Å². The second kappa shape index (κ2) is 4.52. The van der Waals surface area contributed by atoms with E-state index in [0.717, 1.165) is 18.6 Å². The van der Waals surface area contributed by atoms with Crippen LogP contribution >= 0.6 is 0 Å². The number of likely N-dealkylation sites (tertiary alicyclic amines) is 1. The van der Waals surface area contributed by atoms with Crippen LogP contribution < -0.4 is 0 Å². The summed E-state index contributed by atoms with van der Waals surface area (Å²) in [4.78, 5) is 30.6. The molecule has 2 aliphatic carbocycles. The highest BCUT2D eigenvalue weighted by Crippen LogP contribution is 2.54. The molecule has 1 heterocycles. The molecule has 0 radical (unpaired) electrons. The molecule has 0 spiro atoms. The lowest BCUT2D eigenvalue weighted by Crippen LogP contribution is -2.30. The number of benzene rings is 1. The van der Waals surface area contributed by atoms with Crippen LogP contribution in [0.2, 0.25) is 0 Å². The Morgan fingerprint density at radius 2 is 1.62 bits per heavy atom. The van der Waals surface area contributed by atoms with Crippen molar-refractivity contribution >= 4 is 17.5 Å². The number of hydrogen-bond donors (Lipinski definition) is 0. The third-order valence-electron chi connectivity index (χ3n) is 5.32. The monoisotopic (exact) mass is 282 g/mol. The number of carbonyl (C=O) groups is 2. The summed E-state index contributed by atoms with van der Waals surface area (Å²) in [5.74, 6) is 0.149. The maximum atomic E-state index is 12.3. The van der Waals surface area contributed by atoms with Crippen molar-refractivity contribution in [3.63, 3.8) is 0 Å². The van der Waals surface area contributed by atoms with Gasteiger partial charge in [0.05, 0.1) is 18.4 Å². The molecule has 1 aliphatic heterocycles. The number of nitrogens with zero attached hydrogens (tertiary/aromatic N) is 2. The van der Waals surface area contributed by atoms with Crippen LogP contribution in [-0.2, 0) is 16.1 Å². The Hall–Kier alpha value is -1.97. The standard InChI is InChI=1S/C17H18N2O2/c1-19-16(20)13-11-7-8-12(14(13)17(19)21)15(11)18-9-10-5-3-2-4-6-10/h2-6,11-14H,7-9H2,1H3/t11-,12+,13-,14+. The molecule has 3 fully saturated rings. The van der Waals surface area contributed by atoms with Gasteiger partial charge >= 0.3 is 0 Å². The zero-order valence-corrected chi connectivity index (χ0v) is 12.0. The van der Waals surface area contributed by atoms with Crippen molar-refractivity contribution in [2.45, 2.75) is 19.4 Å². The van der Waals surface area contributed by atoms with Gasteiger partial charge in [-0.05, 0) is 18.4 Å². The summed E-state index contributed by atoms with van der Waals surface area (Å²) in [6, 6.07) is 10.1. The summed E-state index contributed by atoms with van der Waals surface area (Å²) < 4.78 is 0. The van der Waals surface area contributed by atoms with Gasteiger partial charge in [0.15, 0.2) is 0 Å². The Bertz CT molecular complexity index is 605. The van der Waals surface area contributed by atoms with Gasteiger partial charge < -0.3 is 0 Å². The zero-order chi connectivity index (χ0) is 14.6. The molecule has 4 heteroatoms. The molecule has 4 atom stereocenters. The first kappa shape index (κ1) is 12.7. The minimum absolute atomic E-state index is 0.00427. The van der Waals surface area contributed by atoms with Gasteiger partial charge in [-0.1, -0.05) is 30.3 Å².